The third-order valence-electron chi connectivity index (χ3n) is 4.10. The number of nitrogens with zero attached hydrogens (tertiary/aromatic N) is 3. The molecule has 2 heterocycles. The van der Waals surface area contributed by atoms with Crippen molar-refractivity contribution >= 4 is 5.69 Å². The summed E-state index contributed by atoms with van der Waals surface area (Å²) in [5.41, 5.74) is 0.268. The predicted molar refractivity (Wildman–Crippen MR) is 82.8 cm³/mol. The zero-order valence-corrected chi connectivity index (χ0v) is 13.0. The molecule has 1 aromatic carbocycles. The molecular weight excluding hydrogens is 334 g/mol. The lowest BCUT2D eigenvalue weighted by atomic mass is 9.96. The van der Waals surface area contributed by atoms with E-state index in [4.69, 9.17) is 4.74 Å². The van der Waals surface area contributed by atoms with E-state index in [1.54, 1.807) is 6.07 Å². The summed E-state index contributed by atoms with van der Waals surface area (Å²) in [5.74, 6) is 0.383. The fraction of sp³-hybridized carbons (Fsp3) is 0.400. The molecule has 0 bridgehead atoms. The molecule has 0 radical (unpaired) electrons. The average molecular weight is 351 g/mol. The highest BCUT2D eigenvalue weighted by atomic mass is 16.6. The molecule has 0 amide bonds. The number of fused-ring (bicyclic) bond motifs is 1. The lowest BCUT2D eigenvalue weighted by Crippen LogP contribution is -2.46. The number of hydrogen-bond donors (Lipinski definition) is 4. The van der Waals surface area contributed by atoms with Crippen molar-refractivity contribution in [3.05, 3.63) is 52.1 Å². The summed E-state index contributed by atoms with van der Waals surface area (Å²) in [5, 5.41) is 50.0. The zero-order chi connectivity index (χ0) is 18.1. The largest absolute Gasteiger partial charge is 0.487 e. The second kappa shape index (κ2) is 6.76. The van der Waals surface area contributed by atoms with Crippen LogP contribution in [0.25, 0.3) is 0 Å². The van der Waals surface area contributed by atoms with E-state index in [1.807, 2.05) is 0 Å². The van der Waals surface area contributed by atoms with Gasteiger partial charge in [-0.15, -0.1) is 0 Å². The average Bonchev–Trinajstić information content (AvgIpc) is 3.03. The summed E-state index contributed by atoms with van der Waals surface area (Å²) in [6, 6.07) is 4.82. The topological polar surface area (TPSA) is 151 Å². The van der Waals surface area contributed by atoms with Crippen molar-refractivity contribution in [3.8, 4) is 5.75 Å². The van der Waals surface area contributed by atoms with Crippen LogP contribution < -0.4 is 4.74 Å². The van der Waals surface area contributed by atoms with Gasteiger partial charge in [0.05, 0.1) is 29.3 Å². The SMILES string of the molecule is O=[N+]([O-])c1cccc(OCc2cn3c(n2)[C@H](O)[C@@H](O)[C@H](O)[C@H]3CO)c1. The van der Waals surface area contributed by atoms with Crippen LogP contribution in [0.1, 0.15) is 23.7 Å². The van der Waals surface area contributed by atoms with E-state index in [1.165, 1.54) is 29.0 Å². The Bertz CT molecular complexity index is 778. The Kier molecular flexibility index (Phi) is 4.68. The third-order valence-corrected chi connectivity index (χ3v) is 4.10. The van der Waals surface area contributed by atoms with E-state index >= 15 is 0 Å². The molecule has 4 atom stereocenters. The summed E-state index contributed by atoms with van der Waals surface area (Å²) < 4.78 is 6.87. The molecule has 0 spiro atoms. The quantitative estimate of drug-likeness (QED) is 0.422. The first-order valence-electron chi connectivity index (χ1n) is 7.52. The van der Waals surface area contributed by atoms with E-state index in [-0.39, 0.29) is 23.9 Å². The molecule has 0 aliphatic carbocycles. The molecular formula is C15H17N3O7. The Morgan fingerprint density at radius 2 is 2.04 bits per heavy atom. The van der Waals surface area contributed by atoms with Gasteiger partial charge in [0.25, 0.3) is 5.69 Å². The van der Waals surface area contributed by atoms with Gasteiger partial charge >= 0.3 is 0 Å². The van der Waals surface area contributed by atoms with Crippen LogP contribution in [0.2, 0.25) is 0 Å². The number of ether oxygens (including phenoxy) is 1. The molecule has 2 aromatic rings. The first-order chi connectivity index (χ1) is 11.9. The number of nitro benzene ring substituents is 1. The standard InChI is InChI=1S/C15H17N3O7/c19-6-11-12(20)13(21)14(22)15-16-8(5-17(11)15)7-25-10-3-1-2-9(4-10)18(23)24/h1-5,11-14,19-22H,6-7H2/t11-,12-,13+,14-/m1/s1. The Balaban J connectivity index is 1.79. The van der Waals surface area contributed by atoms with Crippen molar-refractivity contribution in [3.63, 3.8) is 0 Å². The molecule has 4 N–H and O–H groups in total. The van der Waals surface area contributed by atoms with Crippen LogP contribution in [-0.4, -0.2) is 53.7 Å². The Labute approximate surface area is 141 Å². The summed E-state index contributed by atoms with van der Waals surface area (Å²) >= 11 is 0. The van der Waals surface area contributed by atoms with Crippen molar-refractivity contribution in [1.29, 1.82) is 0 Å². The molecule has 10 nitrogen and oxygen atoms in total. The van der Waals surface area contributed by atoms with Crippen LogP contribution >= 0.6 is 0 Å². The van der Waals surface area contributed by atoms with Crippen molar-refractivity contribution in [2.75, 3.05) is 6.61 Å². The Morgan fingerprint density at radius 1 is 1.28 bits per heavy atom. The van der Waals surface area contributed by atoms with Crippen LogP contribution in [0.5, 0.6) is 5.75 Å². The lowest BCUT2D eigenvalue weighted by Gasteiger charge is -2.35. The van der Waals surface area contributed by atoms with Crippen LogP contribution in [0.3, 0.4) is 0 Å². The molecule has 25 heavy (non-hydrogen) atoms. The van der Waals surface area contributed by atoms with Gasteiger partial charge in [-0.1, -0.05) is 6.07 Å². The van der Waals surface area contributed by atoms with Gasteiger partial charge in [-0.25, -0.2) is 4.98 Å². The highest BCUT2D eigenvalue weighted by molar-refractivity contribution is 5.38. The van der Waals surface area contributed by atoms with Crippen LogP contribution in [-0.2, 0) is 6.61 Å². The number of aliphatic hydroxyl groups excluding tert-OH is 4. The van der Waals surface area contributed by atoms with E-state index in [9.17, 15) is 30.5 Å². The summed E-state index contributed by atoms with van der Waals surface area (Å²) in [7, 11) is 0. The maximum absolute atomic E-state index is 10.8. The van der Waals surface area contributed by atoms with Gasteiger partial charge in [0.1, 0.15) is 36.5 Å². The number of hydrogen-bond acceptors (Lipinski definition) is 8. The van der Waals surface area contributed by atoms with Crippen molar-refractivity contribution < 1.29 is 30.1 Å². The van der Waals surface area contributed by atoms with Gasteiger partial charge in [-0.05, 0) is 6.07 Å². The molecule has 0 saturated heterocycles. The van der Waals surface area contributed by atoms with Crippen molar-refractivity contribution in [2.45, 2.75) is 31.0 Å². The number of aliphatic hydroxyl groups is 4. The van der Waals surface area contributed by atoms with E-state index in [2.05, 4.69) is 4.98 Å². The monoisotopic (exact) mass is 351 g/mol. The molecule has 0 unspecified atom stereocenters. The molecule has 1 aliphatic heterocycles. The summed E-state index contributed by atoms with van der Waals surface area (Å²) in [4.78, 5) is 14.4. The smallest absolute Gasteiger partial charge is 0.273 e. The van der Waals surface area contributed by atoms with E-state index < -0.39 is 35.9 Å². The fourth-order valence-electron chi connectivity index (χ4n) is 2.79. The highest BCUT2D eigenvalue weighted by Gasteiger charge is 2.41. The fourth-order valence-corrected chi connectivity index (χ4v) is 2.79. The van der Waals surface area contributed by atoms with Gasteiger partial charge in [-0.2, -0.15) is 0 Å². The number of aromatic nitrogens is 2. The second-order valence-electron chi connectivity index (χ2n) is 5.72. The normalized spacial score (nSPS) is 25.4. The van der Waals surface area contributed by atoms with Gasteiger partial charge in [0.15, 0.2) is 0 Å². The highest BCUT2D eigenvalue weighted by Crippen LogP contribution is 2.32. The number of rotatable bonds is 5. The molecule has 10 heteroatoms. The van der Waals surface area contributed by atoms with Crippen molar-refractivity contribution in [1.82, 2.24) is 9.55 Å². The van der Waals surface area contributed by atoms with Gasteiger partial charge in [-0.3, -0.25) is 10.1 Å². The van der Waals surface area contributed by atoms with Crippen LogP contribution in [0, 0.1) is 10.1 Å². The Morgan fingerprint density at radius 3 is 2.72 bits per heavy atom. The molecule has 3 rings (SSSR count). The van der Waals surface area contributed by atoms with Crippen LogP contribution in [0.15, 0.2) is 30.5 Å². The number of benzene rings is 1. The molecule has 0 fully saturated rings. The summed E-state index contributed by atoms with van der Waals surface area (Å²) in [6.07, 6.45) is -2.71. The summed E-state index contributed by atoms with van der Waals surface area (Å²) in [6.45, 7) is -0.488. The van der Waals surface area contributed by atoms with E-state index in [0.29, 0.717) is 5.69 Å². The zero-order valence-electron chi connectivity index (χ0n) is 13.0. The maximum Gasteiger partial charge on any atom is 0.273 e. The minimum Gasteiger partial charge on any atom is -0.487 e. The number of non-ortho nitro benzene ring substituents is 1. The second-order valence-corrected chi connectivity index (χ2v) is 5.72. The number of imidazole rings is 1. The first-order valence-corrected chi connectivity index (χ1v) is 7.52. The third kappa shape index (κ3) is 3.20. The first kappa shape index (κ1) is 17.3. The maximum atomic E-state index is 10.8. The van der Waals surface area contributed by atoms with Crippen LogP contribution in [0.4, 0.5) is 5.69 Å². The number of nitro groups is 1. The minimum atomic E-state index is -1.46. The molecule has 0 saturated carbocycles. The predicted octanol–water partition coefficient (Wildman–Crippen LogP) is -0.328. The van der Waals surface area contributed by atoms with Gasteiger partial charge in [0, 0.05) is 12.3 Å². The minimum absolute atomic E-state index is 0.0434. The van der Waals surface area contributed by atoms with Crippen molar-refractivity contribution in [2.24, 2.45) is 0 Å². The molecule has 134 valence electrons. The Hall–Kier alpha value is -2.53. The molecule has 1 aromatic heterocycles. The van der Waals surface area contributed by atoms with Gasteiger partial charge in [0.2, 0.25) is 0 Å². The van der Waals surface area contributed by atoms with Gasteiger partial charge < -0.3 is 29.7 Å². The molecule has 1 aliphatic rings. The lowest BCUT2D eigenvalue weighted by molar-refractivity contribution is -0.384. The van der Waals surface area contributed by atoms with E-state index in [0.717, 1.165) is 0 Å².